The van der Waals surface area contributed by atoms with Crippen molar-refractivity contribution >= 4 is 0 Å². The fraction of sp³-hybridized carbons (Fsp3) is 0.500. The Morgan fingerprint density at radius 1 is 1.00 bits per heavy atom. The van der Waals surface area contributed by atoms with E-state index in [2.05, 4.69) is 5.32 Å². The number of aliphatic hydroxyl groups excluding tert-OH is 1. The van der Waals surface area contributed by atoms with Crippen LogP contribution in [0.15, 0.2) is 18.2 Å². The minimum Gasteiger partial charge on any atom is -0.396 e. The van der Waals surface area contributed by atoms with E-state index < -0.39 is 29.5 Å². The molecule has 20 heavy (non-hydrogen) atoms. The zero-order valence-corrected chi connectivity index (χ0v) is 10.4. The lowest BCUT2D eigenvalue weighted by atomic mass is 9.98. The van der Waals surface area contributed by atoms with E-state index in [1.54, 1.807) is 0 Å². The number of nitrogens with one attached hydrogen (secondary N) is 1. The van der Waals surface area contributed by atoms with Gasteiger partial charge in [0.25, 0.3) is 0 Å². The molecule has 1 aromatic rings. The average molecular weight is 301 g/mol. The van der Waals surface area contributed by atoms with Crippen molar-refractivity contribution in [1.82, 2.24) is 5.32 Å². The van der Waals surface area contributed by atoms with Gasteiger partial charge in [0.1, 0.15) is 0 Å². The van der Waals surface area contributed by atoms with Crippen molar-refractivity contribution in [1.29, 1.82) is 0 Å². The molecule has 1 aromatic carbocycles. The second-order valence-electron chi connectivity index (χ2n) is 4.19. The molecule has 114 valence electrons. The molecule has 0 aliphatic rings. The van der Waals surface area contributed by atoms with Crippen LogP contribution in [0, 0.1) is 0 Å². The van der Waals surface area contributed by atoms with Crippen LogP contribution in [0.2, 0.25) is 0 Å². The molecule has 0 saturated carbocycles. The van der Waals surface area contributed by atoms with Gasteiger partial charge in [0.05, 0.1) is 11.1 Å². The third-order valence-electron chi connectivity index (χ3n) is 2.78. The quantitative estimate of drug-likeness (QED) is 0.836. The van der Waals surface area contributed by atoms with Gasteiger partial charge in [0.2, 0.25) is 0 Å². The van der Waals surface area contributed by atoms with Crippen molar-refractivity contribution in [2.45, 2.75) is 24.8 Å². The van der Waals surface area contributed by atoms with Gasteiger partial charge >= 0.3 is 12.4 Å². The zero-order valence-electron chi connectivity index (χ0n) is 10.4. The third kappa shape index (κ3) is 4.11. The van der Waals surface area contributed by atoms with Gasteiger partial charge in [-0.2, -0.15) is 26.3 Å². The van der Waals surface area contributed by atoms with Crippen molar-refractivity contribution in [3.63, 3.8) is 0 Å². The van der Waals surface area contributed by atoms with Crippen molar-refractivity contribution in [3.05, 3.63) is 34.9 Å². The highest BCUT2D eigenvalue weighted by Gasteiger charge is 2.37. The lowest BCUT2D eigenvalue weighted by Crippen LogP contribution is -2.20. The summed E-state index contributed by atoms with van der Waals surface area (Å²) in [6.45, 7) is -0.358. The Labute approximate surface area is 111 Å². The summed E-state index contributed by atoms with van der Waals surface area (Å²) in [4.78, 5) is 0. The molecule has 0 amide bonds. The molecule has 0 aromatic heterocycles. The lowest BCUT2D eigenvalue weighted by molar-refractivity contribution is -0.143. The van der Waals surface area contributed by atoms with Gasteiger partial charge in [-0.1, -0.05) is 0 Å². The van der Waals surface area contributed by atoms with Crippen LogP contribution in [-0.2, 0) is 12.4 Å². The molecule has 1 atom stereocenters. The van der Waals surface area contributed by atoms with E-state index in [0.717, 1.165) is 0 Å². The maximum atomic E-state index is 12.7. The second kappa shape index (κ2) is 6.01. The second-order valence-corrected chi connectivity index (χ2v) is 4.19. The van der Waals surface area contributed by atoms with Gasteiger partial charge in [-0.25, -0.2) is 0 Å². The number of alkyl halides is 6. The molecule has 2 nitrogen and oxygen atoms in total. The monoisotopic (exact) mass is 301 g/mol. The Balaban J connectivity index is 3.37. The van der Waals surface area contributed by atoms with Gasteiger partial charge < -0.3 is 10.4 Å². The highest BCUT2D eigenvalue weighted by molar-refractivity contribution is 5.35. The Bertz CT molecular complexity index is 422. The van der Waals surface area contributed by atoms with Gasteiger partial charge in [-0.3, -0.25) is 0 Å². The van der Waals surface area contributed by atoms with Gasteiger partial charge in [-0.15, -0.1) is 0 Å². The summed E-state index contributed by atoms with van der Waals surface area (Å²) in [6, 6.07) is 0.608. The van der Waals surface area contributed by atoms with Crippen LogP contribution in [0.4, 0.5) is 26.3 Å². The molecular formula is C12H13F6NO. The van der Waals surface area contributed by atoms with Crippen LogP contribution in [0.5, 0.6) is 0 Å². The van der Waals surface area contributed by atoms with Crippen LogP contribution in [0.3, 0.4) is 0 Å². The van der Waals surface area contributed by atoms with Crippen molar-refractivity contribution in [3.8, 4) is 0 Å². The molecule has 1 rings (SSSR count). The maximum absolute atomic E-state index is 12.7. The lowest BCUT2D eigenvalue weighted by Gasteiger charge is -2.19. The van der Waals surface area contributed by atoms with Crippen molar-refractivity contribution < 1.29 is 31.4 Å². The number of halogens is 6. The van der Waals surface area contributed by atoms with Gasteiger partial charge in [0.15, 0.2) is 0 Å². The predicted octanol–water partition coefficient (Wildman–Crippen LogP) is 3.37. The molecule has 1 unspecified atom stereocenters. The van der Waals surface area contributed by atoms with Crippen LogP contribution in [0.25, 0.3) is 0 Å². The van der Waals surface area contributed by atoms with Gasteiger partial charge in [0, 0.05) is 12.6 Å². The molecule has 0 saturated heterocycles. The number of aliphatic hydroxyl groups is 1. The molecule has 0 bridgehead atoms. The van der Waals surface area contributed by atoms with E-state index in [4.69, 9.17) is 5.11 Å². The highest BCUT2D eigenvalue weighted by atomic mass is 19.4. The maximum Gasteiger partial charge on any atom is 0.416 e. The summed E-state index contributed by atoms with van der Waals surface area (Å²) in [5.41, 5.74) is -2.88. The summed E-state index contributed by atoms with van der Waals surface area (Å²) in [5.74, 6) is 0. The Morgan fingerprint density at radius 3 is 1.75 bits per heavy atom. The van der Waals surface area contributed by atoms with Crippen molar-refractivity contribution in [2.75, 3.05) is 13.7 Å². The van der Waals surface area contributed by atoms with Crippen LogP contribution >= 0.6 is 0 Å². The summed E-state index contributed by atoms with van der Waals surface area (Å²) < 4.78 is 75.9. The zero-order chi connectivity index (χ0) is 15.6. The first-order chi connectivity index (χ1) is 9.09. The molecule has 8 heteroatoms. The molecule has 0 radical (unpaired) electrons. The topological polar surface area (TPSA) is 32.3 Å². The van der Waals surface area contributed by atoms with E-state index in [1.807, 2.05) is 0 Å². The summed E-state index contributed by atoms with van der Waals surface area (Å²) in [7, 11) is 1.40. The van der Waals surface area contributed by atoms with E-state index in [-0.39, 0.29) is 24.7 Å². The largest absolute Gasteiger partial charge is 0.416 e. The third-order valence-corrected chi connectivity index (χ3v) is 2.78. The number of hydrogen-bond donors (Lipinski definition) is 2. The molecule has 0 fully saturated rings. The minimum atomic E-state index is -4.87. The van der Waals surface area contributed by atoms with Crippen LogP contribution in [-0.4, -0.2) is 18.8 Å². The van der Waals surface area contributed by atoms with Gasteiger partial charge in [-0.05, 0) is 37.2 Å². The first-order valence-electron chi connectivity index (χ1n) is 5.67. The number of hydrogen-bond acceptors (Lipinski definition) is 2. The normalized spacial score (nSPS) is 14.4. The summed E-state index contributed by atoms with van der Waals surface area (Å²) >= 11 is 0. The van der Waals surface area contributed by atoms with Crippen molar-refractivity contribution in [2.24, 2.45) is 0 Å². The predicted molar refractivity (Wildman–Crippen MR) is 59.9 cm³/mol. The molecule has 0 heterocycles. The Morgan fingerprint density at radius 2 is 1.45 bits per heavy atom. The molecule has 0 aliphatic heterocycles. The van der Waals surface area contributed by atoms with Crippen LogP contribution in [0.1, 0.15) is 29.2 Å². The SMILES string of the molecule is CNC(CCO)c1cc(C(F)(F)F)cc(C(F)(F)F)c1. The van der Waals surface area contributed by atoms with E-state index in [1.165, 1.54) is 7.05 Å². The minimum absolute atomic E-state index is 0.00904. The molecule has 0 aliphatic carbocycles. The Kier molecular flexibility index (Phi) is 5.04. The van der Waals surface area contributed by atoms with E-state index in [0.29, 0.717) is 12.1 Å². The fourth-order valence-corrected chi connectivity index (χ4v) is 1.79. The molecular weight excluding hydrogens is 288 g/mol. The standard InChI is InChI=1S/C12H13F6NO/c1-19-10(2-3-20)7-4-8(11(13,14)15)6-9(5-7)12(16,17)18/h4-6,10,19-20H,2-3H2,1H3. The average Bonchev–Trinajstić information content (AvgIpc) is 2.33. The molecule has 2 N–H and O–H groups in total. The summed E-state index contributed by atoms with van der Waals surface area (Å²) in [6.07, 6.45) is -9.73. The highest BCUT2D eigenvalue weighted by Crippen LogP contribution is 2.37. The number of benzene rings is 1. The first kappa shape index (κ1) is 16.8. The molecule has 0 spiro atoms. The first-order valence-corrected chi connectivity index (χ1v) is 5.67. The smallest absolute Gasteiger partial charge is 0.396 e. The van der Waals surface area contributed by atoms with Crippen LogP contribution < -0.4 is 5.32 Å². The number of rotatable bonds is 4. The van der Waals surface area contributed by atoms with E-state index >= 15 is 0 Å². The fourth-order valence-electron chi connectivity index (χ4n) is 1.79. The summed E-state index contributed by atoms with van der Waals surface area (Å²) in [5, 5.41) is 11.4. The van der Waals surface area contributed by atoms with E-state index in [9.17, 15) is 26.3 Å². The Hall–Kier alpha value is -1.28.